The fourth-order valence-corrected chi connectivity index (χ4v) is 7.14. The van der Waals surface area contributed by atoms with Crippen molar-refractivity contribution in [1.82, 2.24) is 0 Å². The van der Waals surface area contributed by atoms with Crippen molar-refractivity contribution in [3.8, 4) is 0 Å². The number of aryl methyl sites for hydroxylation is 2. The normalized spacial score (nSPS) is 27.3. The molecule has 2 aromatic rings. The zero-order valence-electron chi connectivity index (χ0n) is 14.6. The van der Waals surface area contributed by atoms with Crippen LogP contribution in [0.5, 0.6) is 0 Å². The van der Waals surface area contributed by atoms with Gasteiger partial charge in [-0.2, -0.15) is 0 Å². The summed E-state index contributed by atoms with van der Waals surface area (Å²) in [4.78, 5) is 13.0. The lowest BCUT2D eigenvalue weighted by Gasteiger charge is -2.69. The molecule has 0 aliphatic heterocycles. The van der Waals surface area contributed by atoms with Crippen molar-refractivity contribution in [2.24, 2.45) is 5.41 Å². The summed E-state index contributed by atoms with van der Waals surface area (Å²) in [6, 6.07) is 14.7. The first-order valence-corrected chi connectivity index (χ1v) is 10.2. The first-order valence-electron chi connectivity index (χ1n) is 8.67. The molecule has 0 radical (unpaired) electrons. The molecule has 2 bridgehead atoms. The van der Waals surface area contributed by atoms with Crippen LogP contribution < -0.4 is 0 Å². The molecule has 0 amide bonds. The average Bonchev–Trinajstić information content (AvgIpc) is 2.49. The van der Waals surface area contributed by atoms with Crippen LogP contribution in [0.25, 0.3) is 0 Å². The van der Waals surface area contributed by atoms with Gasteiger partial charge < -0.3 is 0 Å². The Morgan fingerprint density at radius 2 is 1.56 bits per heavy atom. The second-order valence-electron chi connectivity index (χ2n) is 7.94. The Bertz CT molecular complexity index is 935. The first kappa shape index (κ1) is 16.5. The van der Waals surface area contributed by atoms with Gasteiger partial charge in [0.2, 0.25) is 0 Å². The molecule has 0 saturated heterocycles. The third-order valence-corrected chi connectivity index (χ3v) is 8.44. The molecule has 3 aliphatic carbocycles. The number of hydrogen-bond acceptors (Lipinski definition) is 3. The maximum atomic E-state index is 13.0. The molecule has 3 saturated carbocycles. The molecule has 0 spiro atoms. The van der Waals surface area contributed by atoms with E-state index in [2.05, 4.69) is 0 Å². The zero-order valence-corrected chi connectivity index (χ0v) is 15.4. The van der Waals surface area contributed by atoms with Crippen LogP contribution in [0.1, 0.15) is 47.2 Å². The lowest BCUT2D eigenvalue weighted by Crippen LogP contribution is -2.70. The van der Waals surface area contributed by atoms with Crippen LogP contribution in [0.4, 0.5) is 0 Å². The summed E-state index contributed by atoms with van der Waals surface area (Å²) in [5, 5.41) is 0. The Kier molecular flexibility index (Phi) is 3.49. The third kappa shape index (κ3) is 2.38. The van der Waals surface area contributed by atoms with E-state index >= 15 is 0 Å². The van der Waals surface area contributed by atoms with Crippen molar-refractivity contribution in [3.05, 3.63) is 65.2 Å². The van der Waals surface area contributed by atoms with Gasteiger partial charge in [-0.3, -0.25) is 4.79 Å². The van der Waals surface area contributed by atoms with Crippen molar-refractivity contribution in [3.63, 3.8) is 0 Å². The number of carbonyl (C=O) groups is 1. The first-order chi connectivity index (χ1) is 11.8. The van der Waals surface area contributed by atoms with Gasteiger partial charge >= 0.3 is 0 Å². The van der Waals surface area contributed by atoms with Crippen molar-refractivity contribution in [2.45, 2.75) is 49.2 Å². The average molecular weight is 354 g/mol. The molecular formula is C21H22O3S. The summed E-state index contributed by atoms with van der Waals surface area (Å²) < 4.78 is 25.3. The lowest BCUT2D eigenvalue weighted by molar-refractivity contribution is -0.0791. The number of hydrogen-bond donors (Lipinski definition) is 0. The number of carbonyl (C=O) groups excluding carboxylic acids is 1. The van der Waals surface area contributed by atoms with Crippen LogP contribution >= 0.6 is 0 Å². The highest BCUT2D eigenvalue weighted by Gasteiger charge is 2.74. The molecule has 0 aromatic heterocycles. The van der Waals surface area contributed by atoms with E-state index in [-0.39, 0.29) is 11.2 Å². The molecule has 2 aromatic carbocycles. The van der Waals surface area contributed by atoms with E-state index < -0.39 is 14.6 Å². The number of Topliss-reactive ketones (excluding diaryl/α,β-unsaturated/α-hetero) is 1. The molecule has 0 unspecified atom stereocenters. The Morgan fingerprint density at radius 1 is 0.960 bits per heavy atom. The van der Waals surface area contributed by atoms with Crippen molar-refractivity contribution >= 4 is 15.6 Å². The molecule has 0 atom stereocenters. The highest BCUT2D eigenvalue weighted by Crippen LogP contribution is 2.73. The van der Waals surface area contributed by atoms with E-state index in [1.807, 2.05) is 50.2 Å². The van der Waals surface area contributed by atoms with Crippen LogP contribution in [0.3, 0.4) is 0 Å². The topological polar surface area (TPSA) is 51.2 Å². The van der Waals surface area contributed by atoms with E-state index in [0.717, 1.165) is 16.7 Å². The Labute approximate surface area is 149 Å². The second kappa shape index (κ2) is 5.28. The Balaban J connectivity index is 1.49. The summed E-state index contributed by atoms with van der Waals surface area (Å²) in [6.45, 7) is 3.89. The monoisotopic (exact) mass is 354 g/mol. The van der Waals surface area contributed by atoms with Crippen LogP contribution in [-0.4, -0.2) is 18.9 Å². The van der Waals surface area contributed by atoms with Gasteiger partial charge in [0.1, 0.15) is 0 Å². The Morgan fingerprint density at radius 3 is 2.16 bits per heavy atom. The number of sulfone groups is 1. The second-order valence-corrected chi connectivity index (χ2v) is 10.3. The fourth-order valence-electron chi connectivity index (χ4n) is 4.66. The molecule has 4 heteroatoms. The van der Waals surface area contributed by atoms with Crippen molar-refractivity contribution in [1.29, 1.82) is 0 Å². The van der Waals surface area contributed by atoms with Gasteiger partial charge in [-0.1, -0.05) is 42.0 Å². The standard InChI is InChI=1S/C21H22O3S/c1-15-7-9-17(10-8-15)25(23,24)21-12-20(13-21,14-21)11-19(22)18-6-4-3-5-16(18)2/h3-10H,11-14H2,1-2H3. The fraction of sp³-hybridized carbons (Fsp3) is 0.381. The van der Waals surface area contributed by atoms with Crippen molar-refractivity contribution < 1.29 is 13.2 Å². The highest BCUT2D eigenvalue weighted by molar-refractivity contribution is 7.93. The van der Waals surface area contributed by atoms with Crippen LogP contribution in [0, 0.1) is 19.3 Å². The lowest BCUT2D eigenvalue weighted by atomic mass is 9.42. The molecule has 5 rings (SSSR count). The quantitative estimate of drug-likeness (QED) is 0.753. The molecule has 3 nitrogen and oxygen atoms in total. The minimum atomic E-state index is -3.31. The van der Waals surface area contributed by atoms with E-state index in [4.69, 9.17) is 0 Å². The minimum Gasteiger partial charge on any atom is -0.294 e. The van der Waals surface area contributed by atoms with Gasteiger partial charge in [0.15, 0.2) is 15.6 Å². The van der Waals surface area contributed by atoms with Crippen LogP contribution in [-0.2, 0) is 9.84 Å². The predicted octanol–water partition coefficient (Wildman–Crippen LogP) is 4.27. The smallest absolute Gasteiger partial charge is 0.184 e. The molecule has 3 aliphatic rings. The third-order valence-electron chi connectivity index (χ3n) is 5.97. The summed E-state index contributed by atoms with van der Waals surface area (Å²) in [5.41, 5.74) is 2.71. The van der Waals surface area contributed by atoms with Gasteiger partial charge in [0, 0.05) is 12.0 Å². The number of benzene rings is 2. The SMILES string of the molecule is Cc1ccc(S(=O)(=O)C23CC(CC(=O)c4ccccc4C)(C2)C3)cc1. The van der Waals surface area contributed by atoms with E-state index in [1.165, 1.54) is 0 Å². The number of ketones is 1. The minimum absolute atomic E-state index is 0.100. The van der Waals surface area contributed by atoms with Crippen molar-refractivity contribution in [2.75, 3.05) is 0 Å². The van der Waals surface area contributed by atoms with E-state index in [9.17, 15) is 13.2 Å². The summed E-state index contributed by atoms with van der Waals surface area (Å²) in [7, 11) is -3.31. The van der Waals surface area contributed by atoms with Gasteiger partial charge in [-0.05, 0) is 56.2 Å². The zero-order chi connectivity index (χ0) is 17.9. The highest BCUT2D eigenvalue weighted by atomic mass is 32.2. The summed E-state index contributed by atoms with van der Waals surface area (Å²) in [6.07, 6.45) is 2.32. The summed E-state index contributed by atoms with van der Waals surface area (Å²) >= 11 is 0. The largest absolute Gasteiger partial charge is 0.294 e. The molecule has 0 heterocycles. The van der Waals surface area contributed by atoms with Gasteiger partial charge in [-0.15, -0.1) is 0 Å². The molecule has 3 fully saturated rings. The van der Waals surface area contributed by atoms with Gasteiger partial charge in [0.05, 0.1) is 9.64 Å². The molecule has 130 valence electrons. The number of rotatable bonds is 5. The molecular weight excluding hydrogens is 332 g/mol. The maximum Gasteiger partial charge on any atom is 0.184 e. The maximum absolute atomic E-state index is 13.0. The Hall–Kier alpha value is -1.94. The predicted molar refractivity (Wildman–Crippen MR) is 97.5 cm³/mol. The van der Waals surface area contributed by atoms with Crippen LogP contribution in [0.2, 0.25) is 0 Å². The molecule has 25 heavy (non-hydrogen) atoms. The van der Waals surface area contributed by atoms with Gasteiger partial charge in [0.25, 0.3) is 0 Å². The molecule has 0 N–H and O–H groups in total. The van der Waals surface area contributed by atoms with Gasteiger partial charge in [-0.25, -0.2) is 8.42 Å². The van der Waals surface area contributed by atoms with Crippen LogP contribution in [0.15, 0.2) is 53.4 Å². The van der Waals surface area contributed by atoms with E-state index in [1.54, 1.807) is 12.1 Å². The summed E-state index contributed by atoms with van der Waals surface area (Å²) in [5.74, 6) is 0.138. The van der Waals surface area contributed by atoms with E-state index in [0.29, 0.717) is 30.6 Å².